The highest BCUT2D eigenvalue weighted by molar-refractivity contribution is 8.00. The molecule has 0 spiro atoms. The van der Waals surface area contributed by atoms with Crippen LogP contribution in [0.5, 0.6) is 0 Å². The average molecular weight is 297 g/mol. The molecule has 1 saturated heterocycles. The van der Waals surface area contributed by atoms with Crippen molar-refractivity contribution < 1.29 is 19.1 Å². The summed E-state index contributed by atoms with van der Waals surface area (Å²) < 4.78 is 13.4. The third-order valence-corrected chi connectivity index (χ3v) is 4.33. The Morgan fingerprint density at radius 2 is 2.10 bits per heavy atom. The highest BCUT2D eigenvalue weighted by atomic mass is 32.2. The molecule has 2 rings (SSSR count). The number of thioether (sulfide) groups is 1. The number of piperidine rings is 1. The van der Waals surface area contributed by atoms with Crippen LogP contribution in [0.4, 0.5) is 4.39 Å². The van der Waals surface area contributed by atoms with Gasteiger partial charge in [-0.3, -0.25) is 4.79 Å². The van der Waals surface area contributed by atoms with Gasteiger partial charge in [-0.2, -0.15) is 0 Å². The second-order valence-corrected chi connectivity index (χ2v) is 5.67. The number of carbonyl (C=O) groups is 2. The number of halogens is 1. The van der Waals surface area contributed by atoms with Gasteiger partial charge >= 0.3 is 5.97 Å². The Bertz CT molecular complexity index is 509. The van der Waals surface area contributed by atoms with E-state index in [4.69, 9.17) is 5.11 Å². The topological polar surface area (TPSA) is 57.6 Å². The van der Waals surface area contributed by atoms with Crippen LogP contribution in [0.25, 0.3) is 0 Å². The largest absolute Gasteiger partial charge is 0.480 e. The minimum Gasteiger partial charge on any atom is -0.480 e. The molecule has 0 aromatic heterocycles. The van der Waals surface area contributed by atoms with Crippen molar-refractivity contribution in [2.75, 3.05) is 12.3 Å². The van der Waals surface area contributed by atoms with Crippen LogP contribution in [-0.2, 0) is 9.59 Å². The van der Waals surface area contributed by atoms with Gasteiger partial charge in [0.05, 0.1) is 5.75 Å². The van der Waals surface area contributed by atoms with Crippen molar-refractivity contribution in [1.82, 2.24) is 4.90 Å². The fraction of sp³-hybridized carbons (Fsp3) is 0.429. The summed E-state index contributed by atoms with van der Waals surface area (Å²) in [6, 6.07) is 5.51. The van der Waals surface area contributed by atoms with Crippen LogP contribution in [-0.4, -0.2) is 40.2 Å². The van der Waals surface area contributed by atoms with Gasteiger partial charge in [-0.25, -0.2) is 9.18 Å². The number of carboxylic acids is 1. The predicted octanol–water partition coefficient (Wildman–Crippen LogP) is 2.38. The standard InChI is InChI=1S/C14H16FNO3S/c15-10-5-1-2-7-12(10)20-9-13(17)16-8-4-3-6-11(16)14(18)19/h1-2,5,7,11H,3-4,6,8-9H2,(H,18,19)/t11-/m0/s1. The van der Waals surface area contributed by atoms with Crippen LogP contribution in [0.15, 0.2) is 29.2 Å². The van der Waals surface area contributed by atoms with Crippen LogP contribution >= 0.6 is 11.8 Å². The van der Waals surface area contributed by atoms with E-state index < -0.39 is 12.0 Å². The second-order valence-electron chi connectivity index (χ2n) is 4.66. The molecule has 1 heterocycles. The third kappa shape index (κ3) is 3.50. The van der Waals surface area contributed by atoms with Gasteiger partial charge in [-0.1, -0.05) is 12.1 Å². The summed E-state index contributed by atoms with van der Waals surface area (Å²) in [6.45, 7) is 0.466. The Morgan fingerprint density at radius 3 is 2.80 bits per heavy atom. The van der Waals surface area contributed by atoms with Crippen molar-refractivity contribution in [3.05, 3.63) is 30.1 Å². The summed E-state index contributed by atoms with van der Waals surface area (Å²) in [4.78, 5) is 25.1. The predicted molar refractivity (Wildman–Crippen MR) is 74.1 cm³/mol. The van der Waals surface area contributed by atoms with Crippen LogP contribution in [0.1, 0.15) is 19.3 Å². The Kier molecular flexibility index (Phi) is 5.00. The van der Waals surface area contributed by atoms with E-state index in [-0.39, 0.29) is 17.5 Å². The van der Waals surface area contributed by atoms with E-state index in [0.717, 1.165) is 24.6 Å². The number of aliphatic carboxylic acids is 1. The number of rotatable bonds is 4. The minimum absolute atomic E-state index is 0.0602. The lowest BCUT2D eigenvalue weighted by Crippen LogP contribution is -2.48. The molecule has 1 N–H and O–H groups in total. The first-order valence-electron chi connectivity index (χ1n) is 6.49. The number of carbonyl (C=O) groups excluding carboxylic acids is 1. The summed E-state index contributed by atoms with van der Waals surface area (Å²) in [5, 5.41) is 9.13. The van der Waals surface area contributed by atoms with E-state index in [9.17, 15) is 14.0 Å². The first-order valence-corrected chi connectivity index (χ1v) is 7.48. The number of benzene rings is 1. The molecule has 0 unspecified atom stereocenters. The van der Waals surface area contributed by atoms with Gasteiger partial charge in [0.1, 0.15) is 11.9 Å². The third-order valence-electron chi connectivity index (χ3n) is 3.30. The molecule has 1 aliphatic rings. The first kappa shape index (κ1) is 14.8. The monoisotopic (exact) mass is 297 g/mol. The highest BCUT2D eigenvalue weighted by Crippen LogP contribution is 2.23. The summed E-state index contributed by atoms with van der Waals surface area (Å²) in [5.74, 6) is -1.51. The van der Waals surface area contributed by atoms with E-state index in [2.05, 4.69) is 0 Å². The van der Waals surface area contributed by atoms with Crippen LogP contribution < -0.4 is 0 Å². The Hall–Kier alpha value is -1.56. The van der Waals surface area contributed by atoms with Crippen molar-refractivity contribution >= 4 is 23.6 Å². The lowest BCUT2D eigenvalue weighted by atomic mass is 10.0. The van der Waals surface area contributed by atoms with E-state index in [0.29, 0.717) is 17.9 Å². The Balaban J connectivity index is 1.97. The molecule has 0 saturated carbocycles. The van der Waals surface area contributed by atoms with E-state index in [1.54, 1.807) is 18.2 Å². The van der Waals surface area contributed by atoms with Gasteiger partial charge in [0.25, 0.3) is 0 Å². The quantitative estimate of drug-likeness (QED) is 0.867. The summed E-state index contributed by atoms with van der Waals surface area (Å²) in [5.41, 5.74) is 0. The molecule has 20 heavy (non-hydrogen) atoms. The summed E-state index contributed by atoms with van der Waals surface area (Å²) in [6.07, 6.45) is 2.13. The fourth-order valence-electron chi connectivity index (χ4n) is 2.27. The van der Waals surface area contributed by atoms with Crippen molar-refractivity contribution in [1.29, 1.82) is 0 Å². The van der Waals surface area contributed by atoms with Crippen LogP contribution in [0.2, 0.25) is 0 Å². The molecule has 1 aliphatic heterocycles. The normalized spacial score (nSPS) is 18.9. The van der Waals surface area contributed by atoms with Gasteiger partial charge in [-0.05, 0) is 31.4 Å². The summed E-state index contributed by atoms with van der Waals surface area (Å²) in [7, 11) is 0. The molecule has 1 atom stereocenters. The van der Waals surface area contributed by atoms with Gasteiger partial charge in [-0.15, -0.1) is 11.8 Å². The second kappa shape index (κ2) is 6.74. The SMILES string of the molecule is O=C(O)[C@@H]1CCCCN1C(=O)CSc1ccccc1F. The molecular weight excluding hydrogens is 281 g/mol. The zero-order valence-corrected chi connectivity index (χ0v) is 11.7. The lowest BCUT2D eigenvalue weighted by Gasteiger charge is -2.32. The molecule has 1 aromatic carbocycles. The van der Waals surface area contributed by atoms with Crippen molar-refractivity contribution in [3.63, 3.8) is 0 Å². The molecule has 1 fully saturated rings. The van der Waals surface area contributed by atoms with E-state index in [1.807, 2.05) is 0 Å². The van der Waals surface area contributed by atoms with Crippen molar-refractivity contribution in [3.8, 4) is 0 Å². The van der Waals surface area contributed by atoms with Gasteiger partial charge < -0.3 is 10.0 Å². The van der Waals surface area contributed by atoms with Crippen LogP contribution in [0.3, 0.4) is 0 Å². The first-order chi connectivity index (χ1) is 9.59. The number of carboxylic acid groups (broad SMARTS) is 1. The number of likely N-dealkylation sites (tertiary alicyclic amines) is 1. The number of amides is 1. The molecule has 1 amide bonds. The number of hydrogen-bond acceptors (Lipinski definition) is 3. The molecule has 0 radical (unpaired) electrons. The highest BCUT2D eigenvalue weighted by Gasteiger charge is 2.31. The van der Waals surface area contributed by atoms with Gasteiger partial charge in [0.15, 0.2) is 0 Å². The maximum atomic E-state index is 13.4. The lowest BCUT2D eigenvalue weighted by molar-refractivity contribution is -0.150. The molecule has 108 valence electrons. The number of hydrogen-bond donors (Lipinski definition) is 1. The zero-order chi connectivity index (χ0) is 14.5. The Labute approximate surface area is 121 Å². The van der Waals surface area contributed by atoms with Crippen LogP contribution in [0, 0.1) is 5.82 Å². The van der Waals surface area contributed by atoms with Crippen molar-refractivity contribution in [2.24, 2.45) is 0 Å². The molecule has 4 nitrogen and oxygen atoms in total. The fourth-order valence-corrected chi connectivity index (χ4v) is 3.10. The van der Waals surface area contributed by atoms with Crippen molar-refractivity contribution in [2.45, 2.75) is 30.2 Å². The number of nitrogens with zero attached hydrogens (tertiary/aromatic N) is 1. The molecule has 1 aromatic rings. The molecular formula is C14H16FNO3S. The zero-order valence-electron chi connectivity index (χ0n) is 10.9. The minimum atomic E-state index is -0.964. The molecule has 0 bridgehead atoms. The summed E-state index contributed by atoms with van der Waals surface area (Å²) >= 11 is 1.10. The average Bonchev–Trinajstić information content (AvgIpc) is 2.46. The maximum Gasteiger partial charge on any atom is 0.326 e. The smallest absolute Gasteiger partial charge is 0.326 e. The molecule has 0 aliphatic carbocycles. The van der Waals surface area contributed by atoms with E-state index in [1.165, 1.54) is 11.0 Å². The maximum absolute atomic E-state index is 13.4. The van der Waals surface area contributed by atoms with Gasteiger partial charge in [0.2, 0.25) is 5.91 Å². The molecule has 6 heteroatoms. The van der Waals surface area contributed by atoms with E-state index >= 15 is 0 Å². The van der Waals surface area contributed by atoms with Gasteiger partial charge in [0, 0.05) is 11.4 Å². The Morgan fingerprint density at radius 1 is 1.35 bits per heavy atom.